The summed E-state index contributed by atoms with van der Waals surface area (Å²) in [6, 6.07) is 6.57. The van der Waals surface area contributed by atoms with Crippen LogP contribution < -0.4 is 5.32 Å². The highest BCUT2D eigenvalue weighted by Crippen LogP contribution is 2.32. The van der Waals surface area contributed by atoms with Crippen molar-refractivity contribution in [3.05, 3.63) is 35.6 Å². The second-order valence-corrected chi connectivity index (χ2v) is 7.08. The first kappa shape index (κ1) is 13.5. The zero-order chi connectivity index (χ0) is 13.2. The molecule has 1 atom stereocenters. The molecule has 0 bridgehead atoms. The molecule has 2 rings (SSSR count). The summed E-state index contributed by atoms with van der Waals surface area (Å²) in [7, 11) is -1.08. The van der Waals surface area contributed by atoms with Gasteiger partial charge in [0.2, 0.25) is 0 Å². The Labute approximate surface area is 107 Å². The third-order valence-electron chi connectivity index (χ3n) is 3.62. The molecule has 0 aliphatic carbocycles. The van der Waals surface area contributed by atoms with Crippen molar-refractivity contribution in [3.8, 4) is 0 Å². The molecule has 18 heavy (non-hydrogen) atoms. The first-order chi connectivity index (χ1) is 8.53. The van der Waals surface area contributed by atoms with Crippen LogP contribution in [0.4, 0.5) is 4.39 Å². The fraction of sp³-hybridized carbons (Fsp3) is 0.538. The van der Waals surface area contributed by atoms with Crippen molar-refractivity contribution in [3.63, 3.8) is 0 Å². The largest absolute Gasteiger partial charge is 0.313 e. The van der Waals surface area contributed by atoms with Crippen molar-refractivity contribution in [2.45, 2.75) is 18.9 Å². The average Bonchev–Trinajstić information content (AvgIpc) is 2.34. The van der Waals surface area contributed by atoms with Crippen LogP contribution in [0.2, 0.25) is 0 Å². The van der Waals surface area contributed by atoms with Crippen LogP contribution in [0.25, 0.3) is 0 Å². The van der Waals surface area contributed by atoms with E-state index in [4.69, 9.17) is 0 Å². The molecule has 0 radical (unpaired) electrons. The van der Waals surface area contributed by atoms with Crippen molar-refractivity contribution in [2.75, 3.05) is 18.6 Å². The van der Waals surface area contributed by atoms with Gasteiger partial charge in [0.25, 0.3) is 0 Å². The molecular weight excluding hydrogens is 253 g/mol. The lowest BCUT2D eigenvalue weighted by Gasteiger charge is -2.30. The second kappa shape index (κ2) is 5.36. The van der Waals surface area contributed by atoms with E-state index in [1.165, 1.54) is 6.07 Å². The molecule has 1 aliphatic rings. The monoisotopic (exact) mass is 271 g/mol. The molecule has 1 aromatic carbocycles. The Morgan fingerprint density at radius 2 is 1.89 bits per heavy atom. The lowest BCUT2D eigenvalue weighted by Crippen LogP contribution is -2.33. The number of benzene rings is 1. The lowest BCUT2D eigenvalue weighted by atomic mass is 9.88. The van der Waals surface area contributed by atoms with Gasteiger partial charge in [0.15, 0.2) is 0 Å². The summed E-state index contributed by atoms with van der Waals surface area (Å²) in [5.41, 5.74) is 0.629. The molecule has 1 heterocycles. The molecule has 3 nitrogen and oxygen atoms in total. The van der Waals surface area contributed by atoms with Crippen LogP contribution in [0.3, 0.4) is 0 Å². The van der Waals surface area contributed by atoms with E-state index in [1.807, 2.05) is 6.07 Å². The smallest absolute Gasteiger partial charge is 0.150 e. The summed E-state index contributed by atoms with van der Waals surface area (Å²) < 4.78 is 36.6. The average molecular weight is 271 g/mol. The fourth-order valence-corrected chi connectivity index (χ4v) is 4.14. The van der Waals surface area contributed by atoms with E-state index >= 15 is 0 Å². The van der Waals surface area contributed by atoms with Crippen molar-refractivity contribution in [1.29, 1.82) is 0 Å². The topological polar surface area (TPSA) is 46.2 Å². The Bertz CT molecular complexity index is 501. The molecule has 5 heteroatoms. The van der Waals surface area contributed by atoms with Gasteiger partial charge >= 0.3 is 0 Å². The van der Waals surface area contributed by atoms with E-state index in [1.54, 1.807) is 19.2 Å². The molecule has 1 aliphatic heterocycles. The maximum absolute atomic E-state index is 13.8. The number of halogens is 1. The summed E-state index contributed by atoms with van der Waals surface area (Å²) in [5.74, 6) is 0.370. The van der Waals surface area contributed by atoms with E-state index < -0.39 is 9.84 Å². The third kappa shape index (κ3) is 2.90. The Hall–Kier alpha value is -0.940. The standard InChI is InChI=1S/C13H18FNO2S/c1-15-13(11-4-2-3-5-12(11)14)10-6-8-18(16,17)9-7-10/h2-5,10,13,15H,6-9H2,1H3. The lowest BCUT2D eigenvalue weighted by molar-refractivity contribution is 0.342. The van der Waals surface area contributed by atoms with E-state index in [-0.39, 0.29) is 29.3 Å². The molecule has 1 N–H and O–H groups in total. The Kier molecular flexibility index (Phi) is 4.02. The first-order valence-corrected chi connectivity index (χ1v) is 7.98. The molecule has 0 saturated carbocycles. The number of nitrogens with one attached hydrogen (secondary N) is 1. The SMILES string of the molecule is CNC(c1ccccc1F)C1CCS(=O)(=O)CC1. The minimum atomic E-state index is -2.87. The highest BCUT2D eigenvalue weighted by Gasteiger charge is 2.30. The fourth-order valence-electron chi connectivity index (χ4n) is 2.61. The van der Waals surface area contributed by atoms with Crippen LogP contribution >= 0.6 is 0 Å². The molecule has 0 spiro atoms. The van der Waals surface area contributed by atoms with Crippen molar-refractivity contribution in [1.82, 2.24) is 5.32 Å². The highest BCUT2D eigenvalue weighted by molar-refractivity contribution is 7.91. The van der Waals surface area contributed by atoms with Crippen LogP contribution in [0.5, 0.6) is 0 Å². The Morgan fingerprint density at radius 1 is 1.28 bits per heavy atom. The van der Waals surface area contributed by atoms with Gasteiger partial charge in [-0.1, -0.05) is 18.2 Å². The minimum Gasteiger partial charge on any atom is -0.313 e. The van der Waals surface area contributed by atoms with E-state index in [0.29, 0.717) is 18.4 Å². The summed E-state index contributed by atoms with van der Waals surface area (Å²) in [6.07, 6.45) is 1.20. The van der Waals surface area contributed by atoms with Gasteiger partial charge in [0.05, 0.1) is 11.5 Å². The van der Waals surface area contributed by atoms with Crippen LogP contribution in [-0.2, 0) is 9.84 Å². The molecule has 1 aromatic rings. The second-order valence-electron chi connectivity index (χ2n) is 4.78. The summed E-state index contributed by atoms with van der Waals surface area (Å²) in [6.45, 7) is 0. The van der Waals surface area contributed by atoms with Gasteiger partial charge in [0, 0.05) is 11.6 Å². The van der Waals surface area contributed by atoms with Crippen LogP contribution in [0.15, 0.2) is 24.3 Å². The van der Waals surface area contributed by atoms with Gasteiger partial charge in [-0.05, 0) is 31.9 Å². The van der Waals surface area contributed by atoms with E-state index in [2.05, 4.69) is 5.32 Å². The third-order valence-corrected chi connectivity index (χ3v) is 5.34. The Balaban J connectivity index is 2.18. The first-order valence-electron chi connectivity index (χ1n) is 6.15. The van der Waals surface area contributed by atoms with Crippen molar-refractivity contribution in [2.24, 2.45) is 5.92 Å². The quantitative estimate of drug-likeness (QED) is 0.913. The minimum absolute atomic E-state index is 0.110. The van der Waals surface area contributed by atoms with Gasteiger partial charge < -0.3 is 5.32 Å². The normalized spacial score (nSPS) is 21.7. The summed E-state index contributed by atoms with van der Waals surface area (Å²) in [4.78, 5) is 0. The number of sulfone groups is 1. The summed E-state index contributed by atoms with van der Waals surface area (Å²) >= 11 is 0. The molecule has 1 fully saturated rings. The molecule has 1 unspecified atom stereocenters. The van der Waals surface area contributed by atoms with E-state index in [0.717, 1.165) is 0 Å². The Morgan fingerprint density at radius 3 is 2.44 bits per heavy atom. The van der Waals surface area contributed by atoms with Crippen LogP contribution in [0, 0.1) is 11.7 Å². The molecule has 0 aromatic heterocycles. The molecule has 1 saturated heterocycles. The predicted octanol–water partition coefficient (Wildman–Crippen LogP) is 1.91. The molecule has 100 valence electrons. The van der Waals surface area contributed by atoms with Crippen molar-refractivity contribution >= 4 is 9.84 Å². The summed E-state index contributed by atoms with van der Waals surface area (Å²) in [5, 5.41) is 3.12. The maximum Gasteiger partial charge on any atom is 0.150 e. The number of hydrogen-bond acceptors (Lipinski definition) is 3. The zero-order valence-electron chi connectivity index (χ0n) is 10.4. The predicted molar refractivity (Wildman–Crippen MR) is 69.6 cm³/mol. The molecule has 0 amide bonds. The van der Waals surface area contributed by atoms with Gasteiger partial charge in [0.1, 0.15) is 15.7 Å². The number of hydrogen-bond donors (Lipinski definition) is 1. The highest BCUT2D eigenvalue weighted by atomic mass is 32.2. The van der Waals surface area contributed by atoms with Gasteiger partial charge in [-0.2, -0.15) is 0 Å². The molecular formula is C13H18FNO2S. The van der Waals surface area contributed by atoms with Gasteiger partial charge in [-0.3, -0.25) is 0 Å². The van der Waals surface area contributed by atoms with Crippen molar-refractivity contribution < 1.29 is 12.8 Å². The van der Waals surface area contributed by atoms with Gasteiger partial charge in [-0.15, -0.1) is 0 Å². The number of rotatable bonds is 3. The van der Waals surface area contributed by atoms with Crippen LogP contribution in [-0.4, -0.2) is 27.0 Å². The maximum atomic E-state index is 13.8. The zero-order valence-corrected chi connectivity index (χ0v) is 11.2. The van der Waals surface area contributed by atoms with E-state index in [9.17, 15) is 12.8 Å². The van der Waals surface area contributed by atoms with Gasteiger partial charge in [-0.25, -0.2) is 12.8 Å². The van der Waals surface area contributed by atoms with Crippen LogP contribution in [0.1, 0.15) is 24.4 Å².